The quantitative estimate of drug-likeness (QED) is 0.348. The fourth-order valence-electron chi connectivity index (χ4n) is 3.87. The lowest BCUT2D eigenvalue weighted by Gasteiger charge is -2.11. The first kappa shape index (κ1) is 23.8. The first-order valence-electron chi connectivity index (χ1n) is 11.1. The molecule has 0 aliphatic heterocycles. The number of hydrogen-bond acceptors (Lipinski definition) is 6. The Kier molecular flexibility index (Phi) is 6.90. The topological polar surface area (TPSA) is 102 Å². The van der Waals surface area contributed by atoms with E-state index in [2.05, 4.69) is 21.7 Å². The van der Waals surface area contributed by atoms with E-state index in [1.807, 2.05) is 49.7 Å². The molecule has 0 radical (unpaired) electrons. The van der Waals surface area contributed by atoms with Crippen LogP contribution in [0.25, 0.3) is 33.7 Å². The molecule has 8 nitrogen and oxygen atoms in total. The number of nitrogens with zero attached hydrogens (tertiary/aromatic N) is 3. The third kappa shape index (κ3) is 4.93. The number of ether oxygens (including phenoxy) is 1. The Labute approximate surface area is 202 Å². The van der Waals surface area contributed by atoms with Crippen LogP contribution in [0.15, 0.2) is 47.1 Å². The Balaban J connectivity index is 1.61. The van der Waals surface area contributed by atoms with Gasteiger partial charge in [-0.3, -0.25) is 4.79 Å². The molecule has 0 saturated heterocycles. The van der Waals surface area contributed by atoms with Crippen LogP contribution in [-0.2, 0) is 18.3 Å². The van der Waals surface area contributed by atoms with Crippen molar-refractivity contribution in [2.45, 2.75) is 39.3 Å². The van der Waals surface area contributed by atoms with Crippen LogP contribution in [0, 0.1) is 0 Å². The zero-order valence-electron chi connectivity index (χ0n) is 19.5. The molecule has 2 aromatic heterocycles. The van der Waals surface area contributed by atoms with Gasteiger partial charge in [0, 0.05) is 36.3 Å². The van der Waals surface area contributed by atoms with Gasteiger partial charge >= 0.3 is 5.97 Å². The number of aryl methyl sites for hydroxylation is 1. The number of carboxylic acid groups (broad SMARTS) is 1. The summed E-state index contributed by atoms with van der Waals surface area (Å²) in [4.78, 5) is 15.7. The number of aromatic nitrogens is 3. The van der Waals surface area contributed by atoms with Crippen LogP contribution in [0.3, 0.4) is 0 Å². The number of nitrogens with one attached hydrogen (secondary N) is 1. The Morgan fingerprint density at radius 1 is 1.26 bits per heavy atom. The van der Waals surface area contributed by atoms with E-state index in [9.17, 15) is 4.79 Å². The van der Waals surface area contributed by atoms with Gasteiger partial charge < -0.3 is 24.3 Å². The van der Waals surface area contributed by atoms with Crippen molar-refractivity contribution in [2.75, 3.05) is 6.54 Å². The molecule has 0 bridgehead atoms. The minimum absolute atomic E-state index is 0.0189. The lowest BCUT2D eigenvalue weighted by molar-refractivity contribution is -0.138. The van der Waals surface area contributed by atoms with E-state index in [-0.39, 0.29) is 6.10 Å². The van der Waals surface area contributed by atoms with E-state index >= 15 is 0 Å². The SMILES string of the molecule is CC(C)Oc1ccc(-c2nc(-c3cccc4c(CCN[C@@H](C)C(=O)O)cn(C)c34)no2)cc1Cl. The van der Waals surface area contributed by atoms with Crippen molar-refractivity contribution in [3.63, 3.8) is 0 Å². The Hall–Kier alpha value is -3.36. The van der Waals surface area contributed by atoms with Gasteiger partial charge in [0.2, 0.25) is 5.82 Å². The highest BCUT2D eigenvalue weighted by atomic mass is 35.5. The van der Waals surface area contributed by atoms with Crippen LogP contribution < -0.4 is 10.1 Å². The molecule has 178 valence electrons. The summed E-state index contributed by atoms with van der Waals surface area (Å²) in [6.07, 6.45) is 2.76. The van der Waals surface area contributed by atoms with Gasteiger partial charge in [-0.05, 0) is 57.0 Å². The van der Waals surface area contributed by atoms with Crippen molar-refractivity contribution in [1.29, 1.82) is 0 Å². The average Bonchev–Trinajstić information content (AvgIpc) is 3.40. The van der Waals surface area contributed by atoms with Gasteiger partial charge in [-0.1, -0.05) is 28.9 Å². The first-order chi connectivity index (χ1) is 16.2. The number of halogens is 1. The minimum atomic E-state index is -0.864. The van der Waals surface area contributed by atoms with Gasteiger partial charge in [-0.15, -0.1) is 0 Å². The molecule has 34 heavy (non-hydrogen) atoms. The minimum Gasteiger partial charge on any atom is -0.489 e. The number of rotatable bonds is 9. The number of aliphatic carboxylic acids is 1. The van der Waals surface area contributed by atoms with E-state index in [1.54, 1.807) is 19.1 Å². The number of benzene rings is 2. The predicted molar refractivity (Wildman–Crippen MR) is 131 cm³/mol. The Morgan fingerprint density at radius 2 is 2.06 bits per heavy atom. The van der Waals surface area contributed by atoms with Crippen LogP contribution in [0.5, 0.6) is 5.75 Å². The summed E-state index contributed by atoms with van der Waals surface area (Å²) < 4.78 is 13.3. The smallest absolute Gasteiger partial charge is 0.320 e. The molecule has 0 amide bonds. The van der Waals surface area contributed by atoms with Gasteiger partial charge in [0.15, 0.2) is 0 Å². The molecule has 0 saturated carbocycles. The van der Waals surface area contributed by atoms with Crippen molar-refractivity contribution in [1.82, 2.24) is 20.0 Å². The van der Waals surface area contributed by atoms with E-state index < -0.39 is 12.0 Å². The van der Waals surface area contributed by atoms with Crippen molar-refractivity contribution >= 4 is 28.5 Å². The molecule has 4 rings (SSSR count). The molecule has 9 heteroatoms. The lowest BCUT2D eigenvalue weighted by atomic mass is 10.1. The maximum atomic E-state index is 11.0. The third-order valence-corrected chi connectivity index (χ3v) is 5.80. The standard InChI is InChI=1S/C25H27ClN4O4/c1-14(2)33-21-9-8-16(12-20(21)26)24-28-23(29-34-24)19-7-5-6-18-17(13-30(4)22(18)19)10-11-27-15(3)25(31)32/h5-9,12-15,27H,10-11H2,1-4H3,(H,31,32)/t15-/m0/s1. The summed E-state index contributed by atoms with van der Waals surface area (Å²) in [5, 5.41) is 17.8. The van der Waals surface area contributed by atoms with Crippen LogP contribution in [0.1, 0.15) is 26.3 Å². The zero-order valence-corrected chi connectivity index (χ0v) is 20.3. The molecule has 0 spiro atoms. The highest BCUT2D eigenvalue weighted by molar-refractivity contribution is 6.32. The van der Waals surface area contributed by atoms with Crippen molar-refractivity contribution in [3.05, 3.63) is 53.2 Å². The highest BCUT2D eigenvalue weighted by Crippen LogP contribution is 2.33. The van der Waals surface area contributed by atoms with Gasteiger partial charge in [-0.2, -0.15) is 4.98 Å². The molecule has 0 aliphatic carbocycles. The summed E-state index contributed by atoms with van der Waals surface area (Å²) in [5.41, 5.74) is 3.65. The number of fused-ring (bicyclic) bond motifs is 1. The molecule has 2 heterocycles. The van der Waals surface area contributed by atoms with Crippen LogP contribution in [0.2, 0.25) is 5.02 Å². The third-order valence-electron chi connectivity index (χ3n) is 5.51. The van der Waals surface area contributed by atoms with Gasteiger partial charge in [-0.25, -0.2) is 0 Å². The van der Waals surface area contributed by atoms with Crippen molar-refractivity contribution in [2.24, 2.45) is 7.05 Å². The summed E-state index contributed by atoms with van der Waals surface area (Å²) in [7, 11) is 1.97. The molecule has 2 aromatic carbocycles. The van der Waals surface area contributed by atoms with Crippen molar-refractivity contribution < 1.29 is 19.2 Å². The van der Waals surface area contributed by atoms with Gasteiger partial charge in [0.05, 0.1) is 16.6 Å². The second-order valence-corrected chi connectivity index (χ2v) is 8.87. The number of carbonyl (C=O) groups is 1. The fourth-order valence-corrected chi connectivity index (χ4v) is 4.10. The summed E-state index contributed by atoms with van der Waals surface area (Å²) in [6, 6.07) is 10.8. The summed E-state index contributed by atoms with van der Waals surface area (Å²) >= 11 is 6.37. The maximum absolute atomic E-state index is 11.0. The zero-order chi connectivity index (χ0) is 24.4. The largest absolute Gasteiger partial charge is 0.489 e. The molecule has 1 atom stereocenters. The van der Waals surface area contributed by atoms with Gasteiger partial charge in [0.25, 0.3) is 5.89 Å². The second kappa shape index (κ2) is 9.87. The summed E-state index contributed by atoms with van der Waals surface area (Å²) in [6.45, 7) is 6.07. The molecule has 2 N–H and O–H groups in total. The molecule has 0 unspecified atom stereocenters. The monoisotopic (exact) mass is 482 g/mol. The van der Waals surface area contributed by atoms with Crippen molar-refractivity contribution in [3.8, 4) is 28.6 Å². The maximum Gasteiger partial charge on any atom is 0.320 e. The average molecular weight is 483 g/mol. The number of carboxylic acids is 1. The van der Waals surface area contributed by atoms with Crippen LogP contribution >= 0.6 is 11.6 Å². The number of hydrogen-bond donors (Lipinski definition) is 2. The summed E-state index contributed by atoms with van der Waals surface area (Å²) in [5.74, 6) is 0.584. The molecule has 4 aromatic rings. The van der Waals surface area contributed by atoms with Gasteiger partial charge in [0.1, 0.15) is 11.8 Å². The van der Waals surface area contributed by atoms with E-state index in [1.165, 1.54) is 0 Å². The van der Waals surface area contributed by atoms with E-state index in [0.29, 0.717) is 41.0 Å². The van der Waals surface area contributed by atoms with Crippen LogP contribution in [0.4, 0.5) is 0 Å². The number of para-hydroxylation sites is 1. The lowest BCUT2D eigenvalue weighted by Crippen LogP contribution is -2.34. The second-order valence-electron chi connectivity index (χ2n) is 8.47. The Morgan fingerprint density at radius 3 is 2.76 bits per heavy atom. The van der Waals surface area contributed by atoms with E-state index in [0.717, 1.165) is 22.0 Å². The van der Waals surface area contributed by atoms with E-state index in [4.69, 9.17) is 26.0 Å². The normalized spacial score (nSPS) is 12.4. The molecular weight excluding hydrogens is 456 g/mol. The predicted octanol–water partition coefficient (Wildman–Crippen LogP) is 4.94. The first-order valence-corrected chi connectivity index (χ1v) is 11.5. The molecule has 0 fully saturated rings. The highest BCUT2D eigenvalue weighted by Gasteiger charge is 2.18. The molecule has 0 aliphatic rings. The molecular formula is C25H27ClN4O4. The Bertz CT molecular complexity index is 1330. The fraction of sp³-hybridized carbons (Fsp3) is 0.320. The van der Waals surface area contributed by atoms with Crippen LogP contribution in [-0.4, -0.2) is 44.5 Å².